The molecule has 0 bridgehead atoms. The van der Waals surface area contributed by atoms with Crippen LogP contribution in [0.2, 0.25) is 0 Å². The van der Waals surface area contributed by atoms with Gasteiger partial charge in [0.15, 0.2) is 5.71 Å². The van der Waals surface area contributed by atoms with E-state index in [1.54, 1.807) is 6.08 Å². The molecule has 0 heterocycles. The third-order valence-corrected chi connectivity index (χ3v) is 4.90. The van der Waals surface area contributed by atoms with E-state index < -0.39 is 0 Å². The minimum atomic E-state index is 0.293. The van der Waals surface area contributed by atoms with E-state index in [4.69, 9.17) is 0 Å². The summed E-state index contributed by atoms with van der Waals surface area (Å²) in [6, 6.07) is 27.3. The second kappa shape index (κ2) is 7.46. The lowest BCUT2D eigenvalue weighted by molar-refractivity contribution is -0.403. The standard InChI is InChI=1S/C25H21NO/c1-26(21-14-8-15-22(27)18-21)25-23(19-10-4-2-5-11-19)16-9-17-24(25)20-12-6-3-7-13-20/h2-13,15-18H,14H2,1H3/p+1. The van der Waals surface area contributed by atoms with Gasteiger partial charge in [-0.15, -0.1) is 0 Å². The lowest BCUT2D eigenvalue weighted by atomic mass is 9.95. The number of allylic oxidation sites excluding steroid dienone is 3. The van der Waals surface area contributed by atoms with E-state index in [2.05, 4.69) is 78.4 Å². The zero-order valence-electron chi connectivity index (χ0n) is 15.3. The molecule has 0 atom stereocenters. The third kappa shape index (κ3) is 3.47. The molecule has 0 aliphatic heterocycles. The number of aliphatic hydroxyl groups excluding tert-OH is 1. The molecule has 4 rings (SSSR count). The van der Waals surface area contributed by atoms with Crippen molar-refractivity contribution in [1.82, 2.24) is 0 Å². The number of para-hydroxylation sites is 1. The van der Waals surface area contributed by atoms with Crippen molar-refractivity contribution < 1.29 is 9.68 Å². The highest BCUT2D eigenvalue weighted by Crippen LogP contribution is 2.38. The molecule has 0 amide bonds. The number of benzene rings is 3. The molecule has 27 heavy (non-hydrogen) atoms. The van der Waals surface area contributed by atoms with Crippen LogP contribution < -0.4 is 0 Å². The highest BCUT2D eigenvalue weighted by atomic mass is 16.3. The molecule has 0 aromatic heterocycles. The van der Waals surface area contributed by atoms with Gasteiger partial charge in [-0.2, -0.15) is 4.58 Å². The Kier molecular flexibility index (Phi) is 4.71. The van der Waals surface area contributed by atoms with Gasteiger partial charge in [-0.05, 0) is 29.3 Å². The maximum absolute atomic E-state index is 9.97. The summed E-state index contributed by atoms with van der Waals surface area (Å²) in [5.41, 5.74) is 6.91. The second-order valence-corrected chi connectivity index (χ2v) is 6.66. The largest absolute Gasteiger partial charge is 0.508 e. The van der Waals surface area contributed by atoms with Crippen LogP contribution in [-0.4, -0.2) is 22.4 Å². The highest BCUT2D eigenvalue weighted by molar-refractivity contribution is 5.96. The van der Waals surface area contributed by atoms with Gasteiger partial charge in [0.2, 0.25) is 5.69 Å². The summed E-state index contributed by atoms with van der Waals surface area (Å²) >= 11 is 0. The van der Waals surface area contributed by atoms with Gasteiger partial charge in [-0.3, -0.25) is 0 Å². The molecule has 3 aromatic carbocycles. The summed E-state index contributed by atoms with van der Waals surface area (Å²) in [6.07, 6.45) is 6.38. The van der Waals surface area contributed by atoms with Gasteiger partial charge >= 0.3 is 0 Å². The van der Waals surface area contributed by atoms with Crippen LogP contribution in [0.15, 0.2) is 103 Å². The predicted octanol–water partition coefficient (Wildman–Crippen LogP) is 6.14. The summed E-state index contributed by atoms with van der Waals surface area (Å²) < 4.78 is 2.20. The van der Waals surface area contributed by atoms with Crippen molar-refractivity contribution in [1.29, 1.82) is 0 Å². The minimum absolute atomic E-state index is 0.293. The molecular formula is C25H22NO+. The van der Waals surface area contributed by atoms with Crippen molar-refractivity contribution in [2.24, 2.45) is 0 Å². The molecule has 1 N–H and O–H groups in total. The first-order chi connectivity index (χ1) is 13.2. The smallest absolute Gasteiger partial charge is 0.220 e. The first-order valence-corrected chi connectivity index (χ1v) is 9.14. The van der Waals surface area contributed by atoms with Gasteiger partial charge in [0.1, 0.15) is 12.8 Å². The van der Waals surface area contributed by atoms with Crippen molar-refractivity contribution in [3.05, 3.63) is 103 Å². The average molecular weight is 352 g/mol. The number of hydrogen-bond acceptors (Lipinski definition) is 1. The average Bonchev–Trinajstić information content (AvgIpc) is 2.74. The van der Waals surface area contributed by atoms with E-state index >= 15 is 0 Å². The van der Waals surface area contributed by atoms with Crippen LogP contribution in [-0.2, 0) is 0 Å². The van der Waals surface area contributed by atoms with Crippen molar-refractivity contribution >= 4 is 11.4 Å². The number of hydrogen-bond donors (Lipinski definition) is 1. The lowest BCUT2D eigenvalue weighted by Crippen LogP contribution is -2.14. The van der Waals surface area contributed by atoms with Gasteiger partial charge in [0.25, 0.3) is 0 Å². The summed E-state index contributed by atoms with van der Waals surface area (Å²) in [4.78, 5) is 0. The van der Waals surface area contributed by atoms with Crippen LogP contribution in [0.3, 0.4) is 0 Å². The molecular weight excluding hydrogens is 330 g/mol. The maximum atomic E-state index is 9.97. The number of rotatable bonds is 3. The van der Waals surface area contributed by atoms with Crippen molar-refractivity contribution in [3.8, 4) is 22.3 Å². The topological polar surface area (TPSA) is 23.2 Å². The maximum Gasteiger partial charge on any atom is 0.220 e. The fraction of sp³-hybridized carbons (Fsp3) is 0.0800. The van der Waals surface area contributed by atoms with Gasteiger partial charge < -0.3 is 5.11 Å². The van der Waals surface area contributed by atoms with E-state index in [9.17, 15) is 5.11 Å². The van der Waals surface area contributed by atoms with Crippen LogP contribution >= 0.6 is 0 Å². The second-order valence-electron chi connectivity index (χ2n) is 6.66. The van der Waals surface area contributed by atoms with Gasteiger partial charge in [-0.25, -0.2) is 0 Å². The van der Waals surface area contributed by atoms with Crippen molar-refractivity contribution in [3.63, 3.8) is 0 Å². The molecule has 0 saturated heterocycles. The first-order valence-electron chi connectivity index (χ1n) is 9.14. The first kappa shape index (κ1) is 17.0. The molecule has 132 valence electrons. The lowest BCUT2D eigenvalue weighted by Gasteiger charge is -2.14. The summed E-state index contributed by atoms with van der Waals surface area (Å²) in [6.45, 7) is 0. The Bertz CT molecular complexity index is 986. The van der Waals surface area contributed by atoms with Crippen LogP contribution in [0.5, 0.6) is 0 Å². The van der Waals surface area contributed by atoms with E-state index in [-0.39, 0.29) is 0 Å². The molecule has 1 aliphatic rings. The fourth-order valence-electron chi connectivity index (χ4n) is 3.56. The number of nitrogens with zero attached hydrogens (tertiary/aromatic N) is 1. The van der Waals surface area contributed by atoms with Crippen LogP contribution in [0.1, 0.15) is 6.42 Å². The fourth-order valence-corrected chi connectivity index (χ4v) is 3.56. The van der Waals surface area contributed by atoms with Crippen molar-refractivity contribution in [2.75, 3.05) is 7.05 Å². The Morgan fingerprint density at radius 2 is 1.30 bits per heavy atom. The SMILES string of the molecule is C[N+](=C1C=C(O)C=CC1)c1c(-c2ccccc2)cccc1-c1ccccc1. The molecule has 0 unspecified atom stereocenters. The summed E-state index contributed by atoms with van der Waals surface area (Å²) in [7, 11) is 2.08. The molecule has 2 nitrogen and oxygen atoms in total. The minimum Gasteiger partial charge on any atom is -0.508 e. The molecule has 1 aliphatic carbocycles. The van der Waals surface area contributed by atoms with Crippen molar-refractivity contribution in [2.45, 2.75) is 6.42 Å². The predicted molar refractivity (Wildman–Crippen MR) is 113 cm³/mol. The molecule has 3 aromatic rings. The van der Waals surface area contributed by atoms with Gasteiger partial charge in [-0.1, -0.05) is 72.8 Å². The van der Waals surface area contributed by atoms with Crippen LogP contribution in [0.4, 0.5) is 5.69 Å². The Hall–Kier alpha value is -3.39. The zero-order valence-corrected chi connectivity index (χ0v) is 15.3. The highest BCUT2D eigenvalue weighted by Gasteiger charge is 2.23. The number of aliphatic hydroxyl groups is 1. The van der Waals surface area contributed by atoms with Crippen LogP contribution in [0.25, 0.3) is 22.3 Å². The van der Waals surface area contributed by atoms with Crippen LogP contribution in [0, 0.1) is 0 Å². The molecule has 2 heteroatoms. The van der Waals surface area contributed by atoms with E-state index in [1.165, 1.54) is 22.3 Å². The summed E-state index contributed by atoms with van der Waals surface area (Å²) in [5.74, 6) is 0.293. The van der Waals surface area contributed by atoms with E-state index in [0.29, 0.717) is 5.76 Å². The normalized spacial score (nSPS) is 15.4. The zero-order chi connectivity index (χ0) is 18.6. The Labute approximate surface area is 160 Å². The van der Waals surface area contributed by atoms with E-state index in [1.807, 2.05) is 24.3 Å². The van der Waals surface area contributed by atoms with Gasteiger partial charge in [0.05, 0.1) is 17.5 Å². The molecule has 0 saturated carbocycles. The van der Waals surface area contributed by atoms with E-state index in [0.717, 1.165) is 17.8 Å². The Morgan fingerprint density at radius 3 is 1.81 bits per heavy atom. The third-order valence-electron chi connectivity index (χ3n) is 4.90. The summed E-state index contributed by atoms with van der Waals surface area (Å²) in [5, 5.41) is 9.97. The quantitative estimate of drug-likeness (QED) is 0.562. The van der Waals surface area contributed by atoms with Gasteiger partial charge in [0, 0.05) is 6.08 Å². The monoisotopic (exact) mass is 352 g/mol. The molecule has 0 radical (unpaired) electrons. The molecule has 0 fully saturated rings. The Morgan fingerprint density at radius 1 is 0.741 bits per heavy atom. The molecule has 0 spiro atoms. The Balaban J connectivity index is 2.00.